The van der Waals surface area contributed by atoms with E-state index in [9.17, 15) is 0 Å². The zero-order valence-electron chi connectivity index (χ0n) is 16.6. The Morgan fingerprint density at radius 2 is 0.966 bits per heavy atom. The summed E-state index contributed by atoms with van der Waals surface area (Å²) < 4.78 is 14.4. The summed E-state index contributed by atoms with van der Waals surface area (Å²) in [5.41, 5.74) is 0.367. The topological polar surface area (TPSA) is 18.5 Å². The number of hydrogen-bond acceptors (Lipinski definition) is 2. The first kappa shape index (κ1) is 17.1. The van der Waals surface area contributed by atoms with Crippen molar-refractivity contribution in [3.63, 3.8) is 0 Å². The Balaban J connectivity index is 1.75. The number of rotatable bonds is 1. The van der Waals surface area contributed by atoms with Gasteiger partial charge in [-0.25, -0.2) is 0 Å². The van der Waals surface area contributed by atoms with Crippen LogP contribution in [0.25, 0.3) is 21.5 Å². The first-order chi connectivity index (χ1) is 14.1. The summed E-state index contributed by atoms with van der Waals surface area (Å²) in [4.78, 5) is 0. The van der Waals surface area contributed by atoms with Gasteiger partial charge in [-0.1, -0.05) is 0 Å². The van der Waals surface area contributed by atoms with Gasteiger partial charge in [0.2, 0.25) is 0 Å². The number of benzene rings is 4. The van der Waals surface area contributed by atoms with E-state index in [1.807, 2.05) is 0 Å². The van der Waals surface area contributed by atoms with Gasteiger partial charge in [0.15, 0.2) is 0 Å². The number of hydrogen-bond donors (Lipinski definition) is 0. The van der Waals surface area contributed by atoms with Gasteiger partial charge in [0, 0.05) is 0 Å². The van der Waals surface area contributed by atoms with E-state index in [-0.39, 0.29) is 11.3 Å². The average molecular weight is 398 g/mol. The van der Waals surface area contributed by atoms with Crippen LogP contribution in [0.3, 0.4) is 0 Å². The van der Waals surface area contributed by atoms with Crippen LogP contribution in [0, 0.1) is 0 Å². The SMILES string of the molecule is C[C@@H]1C=C[C@H](C)P12(c1ccccc1)Oc1c(c3ccccc3c3ccccc13)O2. The summed E-state index contributed by atoms with van der Waals surface area (Å²) in [6.07, 6.45) is 4.57. The fourth-order valence-corrected chi connectivity index (χ4v) is 10.6. The molecule has 0 N–H and O–H groups in total. The van der Waals surface area contributed by atoms with Crippen molar-refractivity contribution < 1.29 is 9.05 Å². The molecule has 2 atom stereocenters. The van der Waals surface area contributed by atoms with E-state index in [2.05, 4.69) is 105 Å². The third kappa shape index (κ3) is 1.91. The van der Waals surface area contributed by atoms with Crippen molar-refractivity contribution in [1.82, 2.24) is 0 Å². The number of allylic oxidation sites excluding steroid dienone is 2. The van der Waals surface area contributed by atoms with Crippen LogP contribution in [0.4, 0.5) is 0 Å². The Morgan fingerprint density at radius 3 is 1.45 bits per heavy atom. The van der Waals surface area contributed by atoms with Crippen molar-refractivity contribution in [3.8, 4) is 11.5 Å². The molecule has 0 saturated heterocycles. The molecule has 0 bridgehead atoms. The van der Waals surface area contributed by atoms with Crippen LogP contribution in [0.5, 0.6) is 11.5 Å². The minimum absolute atomic E-state index is 0.184. The van der Waals surface area contributed by atoms with E-state index >= 15 is 0 Å². The second kappa shape index (κ2) is 5.62. The average Bonchev–Trinajstić information content (AvgIpc) is 3.29. The van der Waals surface area contributed by atoms with E-state index in [1.165, 1.54) is 16.1 Å². The Labute approximate surface area is 170 Å². The van der Waals surface area contributed by atoms with Gasteiger partial charge in [0.05, 0.1) is 0 Å². The zero-order chi connectivity index (χ0) is 19.7. The van der Waals surface area contributed by atoms with Crippen LogP contribution < -0.4 is 14.4 Å². The van der Waals surface area contributed by atoms with Crippen molar-refractivity contribution in [3.05, 3.63) is 91.0 Å². The second-order valence-corrected chi connectivity index (χ2v) is 12.9. The Kier molecular flexibility index (Phi) is 3.30. The van der Waals surface area contributed by atoms with Crippen LogP contribution in [-0.2, 0) is 0 Å². The Bertz CT molecular complexity index is 1230. The van der Waals surface area contributed by atoms with Gasteiger partial charge in [-0.2, -0.15) is 0 Å². The predicted octanol–water partition coefficient (Wildman–Crippen LogP) is 6.82. The monoisotopic (exact) mass is 398 g/mol. The molecule has 4 aromatic carbocycles. The van der Waals surface area contributed by atoms with Crippen molar-refractivity contribution in [2.45, 2.75) is 25.2 Å². The van der Waals surface area contributed by atoms with Gasteiger partial charge < -0.3 is 0 Å². The van der Waals surface area contributed by atoms with Crippen molar-refractivity contribution in [2.24, 2.45) is 0 Å². The van der Waals surface area contributed by atoms with E-state index in [4.69, 9.17) is 9.05 Å². The third-order valence-corrected chi connectivity index (χ3v) is 12.7. The molecule has 144 valence electrons. The summed E-state index contributed by atoms with van der Waals surface area (Å²) in [5, 5.41) is 5.87. The molecule has 2 aliphatic rings. The fourth-order valence-electron chi connectivity index (χ4n) is 5.30. The molecule has 0 saturated carbocycles. The normalized spacial score (nSPS) is 24.7. The fraction of sp³-hybridized carbons (Fsp3) is 0.154. The summed E-state index contributed by atoms with van der Waals surface area (Å²) in [6.45, 7) is 4.50. The molecule has 0 fully saturated rings. The maximum absolute atomic E-state index is 7.22. The molecule has 3 heteroatoms. The molecule has 2 nitrogen and oxygen atoms in total. The van der Waals surface area contributed by atoms with E-state index in [1.54, 1.807) is 0 Å². The molecule has 0 unspecified atom stereocenters. The van der Waals surface area contributed by atoms with Gasteiger partial charge in [0.25, 0.3) is 0 Å². The molecule has 4 aromatic rings. The molecule has 0 aliphatic carbocycles. The van der Waals surface area contributed by atoms with Gasteiger partial charge in [-0.05, 0) is 0 Å². The van der Waals surface area contributed by atoms with E-state index in [0.717, 1.165) is 22.3 Å². The molecule has 0 aromatic heterocycles. The molecule has 1 spiro atoms. The molecular weight excluding hydrogens is 375 g/mol. The Hall–Kier alpha value is -2.83. The first-order valence-electron chi connectivity index (χ1n) is 10.2. The molecular formula is C26H23O2P. The summed E-state index contributed by atoms with van der Waals surface area (Å²) in [5.74, 6) is 1.81. The van der Waals surface area contributed by atoms with E-state index in [0.29, 0.717) is 0 Å². The van der Waals surface area contributed by atoms with Gasteiger partial charge >= 0.3 is 171 Å². The van der Waals surface area contributed by atoms with Gasteiger partial charge in [0.1, 0.15) is 0 Å². The van der Waals surface area contributed by atoms with Crippen LogP contribution in [-0.4, -0.2) is 11.3 Å². The van der Waals surface area contributed by atoms with Gasteiger partial charge in [-0.3, -0.25) is 0 Å². The summed E-state index contributed by atoms with van der Waals surface area (Å²) >= 11 is 0. The van der Waals surface area contributed by atoms with Crippen LogP contribution in [0.1, 0.15) is 13.8 Å². The van der Waals surface area contributed by atoms with Gasteiger partial charge in [-0.15, -0.1) is 0 Å². The van der Waals surface area contributed by atoms with Crippen LogP contribution >= 0.6 is 7.06 Å². The summed E-state index contributed by atoms with van der Waals surface area (Å²) in [7, 11) is -3.26. The zero-order valence-corrected chi connectivity index (χ0v) is 17.5. The van der Waals surface area contributed by atoms with E-state index < -0.39 is 7.06 Å². The second-order valence-electron chi connectivity index (χ2n) is 8.22. The number of fused-ring (bicyclic) bond motifs is 6. The minimum atomic E-state index is -3.26. The molecule has 2 aliphatic heterocycles. The molecule has 6 rings (SSSR count). The molecule has 2 heterocycles. The van der Waals surface area contributed by atoms with Crippen LogP contribution in [0.15, 0.2) is 91.0 Å². The quantitative estimate of drug-likeness (QED) is 0.199. The first-order valence-corrected chi connectivity index (χ1v) is 12.4. The van der Waals surface area contributed by atoms with Crippen molar-refractivity contribution in [1.29, 1.82) is 0 Å². The standard InChI is InChI=1S/C26H23O2P/c1-18-16-17-19(2)29(18,20-10-4-3-5-11-20)27-25-23-14-8-6-12-21(23)22-13-7-9-15-24(22)26(25)28-29/h3-19H,1-2H3/t18-,19+. The van der Waals surface area contributed by atoms with Crippen LogP contribution in [0.2, 0.25) is 0 Å². The predicted molar refractivity (Wildman–Crippen MR) is 124 cm³/mol. The van der Waals surface area contributed by atoms with Crippen molar-refractivity contribution in [2.75, 3.05) is 0 Å². The Morgan fingerprint density at radius 1 is 0.552 bits per heavy atom. The molecule has 0 radical (unpaired) electrons. The third-order valence-electron chi connectivity index (χ3n) is 6.87. The molecule has 29 heavy (non-hydrogen) atoms. The van der Waals surface area contributed by atoms with Crippen molar-refractivity contribution >= 4 is 33.9 Å². The summed E-state index contributed by atoms with van der Waals surface area (Å²) in [6, 6.07) is 27.7. The molecule has 0 amide bonds. The maximum atomic E-state index is 7.22.